The van der Waals surface area contributed by atoms with E-state index in [9.17, 15) is 13.2 Å². The van der Waals surface area contributed by atoms with E-state index in [0.717, 1.165) is 0 Å². The third-order valence-corrected chi connectivity index (χ3v) is 3.62. The number of nitrogens with zero attached hydrogens (tertiary/aromatic N) is 1. The highest BCUT2D eigenvalue weighted by molar-refractivity contribution is 8.13. The van der Waals surface area contributed by atoms with Crippen LogP contribution in [0.15, 0.2) is 0 Å². The van der Waals surface area contributed by atoms with E-state index >= 15 is 0 Å². The monoisotopic (exact) mass is 283 g/mol. The fraction of sp³-hybridized carbons (Fsp3) is 0.900. The molecule has 0 saturated carbocycles. The lowest BCUT2D eigenvalue weighted by atomic mass is 10.2. The largest absolute Gasteiger partial charge is 0.444 e. The Morgan fingerprint density at radius 2 is 2.06 bits per heavy atom. The summed E-state index contributed by atoms with van der Waals surface area (Å²) in [5, 5.41) is 0. The van der Waals surface area contributed by atoms with Crippen LogP contribution in [0.5, 0.6) is 0 Å². The quantitative estimate of drug-likeness (QED) is 0.725. The van der Waals surface area contributed by atoms with Crippen molar-refractivity contribution >= 4 is 25.8 Å². The molecule has 5 nitrogen and oxygen atoms in total. The van der Waals surface area contributed by atoms with Crippen molar-refractivity contribution in [2.24, 2.45) is 5.92 Å². The summed E-state index contributed by atoms with van der Waals surface area (Å²) < 4.78 is 27.1. The van der Waals surface area contributed by atoms with E-state index in [1.165, 1.54) is 4.90 Å². The lowest BCUT2D eigenvalue weighted by Crippen LogP contribution is -2.35. The van der Waals surface area contributed by atoms with Crippen molar-refractivity contribution in [1.82, 2.24) is 4.90 Å². The summed E-state index contributed by atoms with van der Waals surface area (Å²) in [4.78, 5) is 13.2. The van der Waals surface area contributed by atoms with Crippen LogP contribution in [0.4, 0.5) is 4.79 Å². The molecule has 1 heterocycles. The minimum Gasteiger partial charge on any atom is -0.444 e. The van der Waals surface area contributed by atoms with Crippen LogP contribution >= 0.6 is 10.7 Å². The molecule has 0 aromatic heterocycles. The van der Waals surface area contributed by atoms with E-state index < -0.39 is 20.7 Å². The molecule has 1 rings (SSSR count). The first-order valence-electron chi connectivity index (χ1n) is 5.47. The Hall–Kier alpha value is -0.490. The summed E-state index contributed by atoms with van der Waals surface area (Å²) in [5.74, 6) is -0.182. The van der Waals surface area contributed by atoms with E-state index in [4.69, 9.17) is 15.4 Å². The molecule has 0 spiro atoms. The molecule has 1 unspecified atom stereocenters. The molecule has 100 valence electrons. The van der Waals surface area contributed by atoms with E-state index in [-0.39, 0.29) is 11.7 Å². The second-order valence-corrected chi connectivity index (χ2v) is 8.11. The Labute approximate surface area is 106 Å². The fourth-order valence-corrected chi connectivity index (χ4v) is 3.11. The lowest BCUT2D eigenvalue weighted by molar-refractivity contribution is 0.0289. The van der Waals surface area contributed by atoms with Crippen molar-refractivity contribution in [1.29, 1.82) is 0 Å². The highest BCUT2D eigenvalue weighted by Gasteiger charge is 2.31. The molecule has 0 aliphatic carbocycles. The molecule has 1 fully saturated rings. The number of likely N-dealkylation sites (tertiary alicyclic amines) is 1. The molecule has 7 heteroatoms. The van der Waals surface area contributed by atoms with Gasteiger partial charge in [0.25, 0.3) is 0 Å². The molecule has 0 radical (unpaired) electrons. The molecule has 17 heavy (non-hydrogen) atoms. The molecule has 1 aliphatic rings. The third-order valence-electron chi connectivity index (χ3n) is 2.37. The molecule has 0 aromatic carbocycles. The Bertz CT molecular complexity index is 388. The molecular formula is C10H18ClNO4S. The van der Waals surface area contributed by atoms with Gasteiger partial charge in [-0.15, -0.1) is 0 Å². The van der Waals surface area contributed by atoms with Gasteiger partial charge < -0.3 is 9.64 Å². The van der Waals surface area contributed by atoms with Crippen molar-refractivity contribution < 1.29 is 17.9 Å². The average Bonchev–Trinajstić information content (AvgIpc) is 2.45. The van der Waals surface area contributed by atoms with Crippen molar-refractivity contribution in [3.63, 3.8) is 0 Å². The van der Waals surface area contributed by atoms with Gasteiger partial charge in [-0.3, -0.25) is 0 Å². The number of carbonyl (C=O) groups excluding carboxylic acids is 1. The Kier molecular flexibility index (Phi) is 4.30. The zero-order valence-electron chi connectivity index (χ0n) is 10.3. The van der Waals surface area contributed by atoms with Crippen LogP contribution < -0.4 is 0 Å². The van der Waals surface area contributed by atoms with E-state index in [1.54, 1.807) is 20.8 Å². The summed E-state index contributed by atoms with van der Waals surface area (Å²) in [7, 11) is 1.69. The maximum absolute atomic E-state index is 11.7. The van der Waals surface area contributed by atoms with Gasteiger partial charge in [-0.25, -0.2) is 13.2 Å². The summed E-state index contributed by atoms with van der Waals surface area (Å²) >= 11 is 0. The number of hydrogen-bond donors (Lipinski definition) is 0. The fourth-order valence-electron chi connectivity index (χ4n) is 1.74. The second kappa shape index (κ2) is 5.02. The molecule has 0 aromatic rings. The van der Waals surface area contributed by atoms with Crippen LogP contribution in [0.2, 0.25) is 0 Å². The molecule has 0 N–H and O–H groups in total. The normalized spacial score (nSPS) is 21.6. The van der Waals surface area contributed by atoms with Gasteiger partial charge >= 0.3 is 6.09 Å². The van der Waals surface area contributed by atoms with Crippen molar-refractivity contribution in [2.75, 3.05) is 18.8 Å². The average molecular weight is 284 g/mol. The van der Waals surface area contributed by atoms with Gasteiger partial charge in [-0.1, -0.05) is 0 Å². The first-order valence-corrected chi connectivity index (χ1v) is 7.95. The maximum atomic E-state index is 11.7. The molecule has 1 amide bonds. The Morgan fingerprint density at radius 3 is 2.53 bits per heavy atom. The Balaban J connectivity index is 2.48. The van der Waals surface area contributed by atoms with Crippen LogP contribution in [-0.2, 0) is 13.8 Å². The molecule has 1 atom stereocenters. The van der Waals surface area contributed by atoms with Gasteiger partial charge in [-0.05, 0) is 33.1 Å². The van der Waals surface area contributed by atoms with Crippen molar-refractivity contribution in [3.8, 4) is 0 Å². The number of rotatable bonds is 2. The number of ether oxygens (including phenoxy) is 1. The first kappa shape index (κ1) is 14.6. The van der Waals surface area contributed by atoms with E-state index in [1.807, 2.05) is 0 Å². The number of halogens is 1. The third kappa shape index (κ3) is 5.59. The van der Waals surface area contributed by atoms with Crippen LogP contribution in [0.3, 0.4) is 0 Å². The van der Waals surface area contributed by atoms with Gasteiger partial charge in [-0.2, -0.15) is 0 Å². The summed E-state index contributed by atoms with van der Waals surface area (Å²) in [6.45, 7) is 6.29. The van der Waals surface area contributed by atoms with Gasteiger partial charge in [0.15, 0.2) is 0 Å². The van der Waals surface area contributed by atoms with Crippen LogP contribution in [-0.4, -0.2) is 43.9 Å². The van der Waals surface area contributed by atoms with Crippen LogP contribution in [0.25, 0.3) is 0 Å². The predicted octanol–water partition coefficient (Wildman–Crippen LogP) is 1.81. The highest BCUT2D eigenvalue weighted by atomic mass is 35.7. The minimum atomic E-state index is -3.50. The number of amides is 1. The van der Waals surface area contributed by atoms with E-state index in [0.29, 0.717) is 19.5 Å². The summed E-state index contributed by atoms with van der Waals surface area (Å²) in [6, 6.07) is 0. The topological polar surface area (TPSA) is 63.7 Å². The van der Waals surface area contributed by atoms with Crippen LogP contribution in [0, 0.1) is 5.92 Å². The summed E-state index contributed by atoms with van der Waals surface area (Å²) in [5.41, 5.74) is -0.534. The molecular weight excluding hydrogens is 266 g/mol. The smallest absolute Gasteiger partial charge is 0.410 e. The molecule has 1 saturated heterocycles. The molecule has 0 bridgehead atoms. The van der Waals surface area contributed by atoms with Gasteiger partial charge in [0.2, 0.25) is 9.05 Å². The zero-order chi connectivity index (χ0) is 13.3. The van der Waals surface area contributed by atoms with Crippen LogP contribution in [0.1, 0.15) is 27.2 Å². The van der Waals surface area contributed by atoms with Crippen molar-refractivity contribution in [2.45, 2.75) is 32.8 Å². The summed E-state index contributed by atoms with van der Waals surface area (Å²) in [6.07, 6.45) is 0.248. The highest BCUT2D eigenvalue weighted by Crippen LogP contribution is 2.21. The molecule has 1 aliphatic heterocycles. The van der Waals surface area contributed by atoms with Crippen molar-refractivity contribution in [3.05, 3.63) is 0 Å². The Morgan fingerprint density at radius 1 is 1.47 bits per heavy atom. The number of carbonyl (C=O) groups is 1. The number of hydrogen-bond acceptors (Lipinski definition) is 4. The maximum Gasteiger partial charge on any atom is 0.410 e. The van der Waals surface area contributed by atoms with Gasteiger partial charge in [0.1, 0.15) is 5.60 Å². The standard InChI is InChI=1S/C10H18ClNO4S/c1-10(2,3)16-9(13)12-5-4-8(6-12)7-17(11,14)15/h8H,4-7H2,1-3H3. The van der Waals surface area contributed by atoms with Gasteiger partial charge in [0.05, 0.1) is 5.75 Å². The van der Waals surface area contributed by atoms with E-state index in [2.05, 4.69) is 0 Å². The lowest BCUT2D eigenvalue weighted by Gasteiger charge is -2.24. The first-order chi connectivity index (χ1) is 7.57. The SMILES string of the molecule is CC(C)(C)OC(=O)N1CCC(CS(=O)(=O)Cl)C1. The zero-order valence-corrected chi connectivity index (χ0v) is 11.8. The van der Waals surface area contributed by atoms with Gasteiger partial charge in [0, 0.05) is 23.8 Å². The second-order valence-electron chi connectivity index (χ2n) is 5.29. The minimum absolute atomic E-state index is 0.0894. The predicted molar refractivity (Wildman–Crippen MR) is 65.6 cm³/mol.